The molecule has 588 valence electrons. The highest BCUT2D eigenvalue weighted by atomic mass is 79.9. The number of para-hydroxylation sites is 13. The SMILES string of the molecule is Brc1ccc(-c2nc3ccccc3nc2-c2ccc(Br)cc2)cc1.c1ccc(N(c2ccc(-c3nc4ccccc4nc3-c3ccc(N(c4ccccc4)c4ccc5c(c4)c4ccccc4n5-c4ccccc4)cc3)cc2)c2ccc3c(c2)c2ccccc2n3-c2ccccc2)cc1.c1ccc(Nc2ccc3c(c2)c2ccccc2n3-c2ccccc2)cc1. The first-order chi connectivity index (χ1) is 61.3. The lowest BCUT2D eigenvalue weighted by atomic mass is 10.0. The third kappa shape index (κ3) is 14.8. The van der Waals surface area contributed by atoms with Crippen molar-refractivity contribution < 1.29 is 0 Å². The first kappa shape index (κ1) is 75.8. The second kappa shape index (κ2) is 33.5. The van der Waals surface area contributed by atoms with Crippen LogP contribution in [0.1, 0.15) is 0 Å². The van der Waals surface area contributed by atoms with E-state index >= 15 is 0 Å². The lowest BCUT2D eigenvalue weighted by Gasteiger charge is -2.26. The van der Waals surface area contributed by atoms with Crippen molar-refractivity contribution in [3.8, 4) is 62.1 Å². The first-order valence-corrected chi connectivity index (χ1v) is 43.0. The fourth-order valence-corrected chi connectivity index (χ4v) is 17.6. The maximum absolute atomic E-state index is 5.34. The molecule has 12 heteroatoms. The quantitative estimate of drug-likeness (QED) is 0.109. The molecule has 0 bridgehead atoms. The number of benzene rings is 18. The summed E-state index contributed by atoms with van der Waals surface area (Å²) in [5.41, 5.74) is 30.1. The fourth-order valence-electron chi connectivity index (χ4n) is 17.1. The van der Waals surface area contributed by atoms with Crippen LogP contribution in [0.5, 0.6) is 0 Å². The Labute approximate surface area is 734 Å². The van der Waals surface area contributed by atoms with Crippen LogP contribution in [0.2, 0.25) is 0 Å². The molecular formula is C112H76Br2N10. The number of hydrogen-bond donors (Lipinski definition) is 1. The van der Waals surface area contributed by atoms with E-state index in [-0.39, 0.29) is 0 Å². The zero-order valence-electron chi connectivity index (χ0n) is 67.1. The molecule has 1 N–H and O–H groups in total. The summed E-state index contributed by atoms with van der Waals surface area (Å²) in [6.07, 6.45) is 0. The summed E-state index contributed by atoms with van der Waals surface area (Å²) in [6.45, 7) is 0. The smallest absolute Gasteiger partial charge is 0.0973 e. The zero-order valence-corrected chi connectivity index (χ0v) is 70.3. The van der Waals surface area contributed by atoms with Crippen LogP contribution in [0.3, 0.4) is 0 Å². The van der Waals surface area contributed by atoms with Crippen molar-refractivity contribution in [2.24, 2.45) is 0 Å². The first-order valence-electron chi connectivity index (χ1n) is 41.4. The molecule has 10 nitrogen and oxygen atoms in total. The largest absolute Gasteiger partial charge is 0.356 e. The summed E-state index contributed by atoms with van der Waals surface area (Å²) in [6, 6.07) is 159. The lowest BCUT2D eigenvalue weighted by molar-refractivity contribution is 1.18. The van der Waals surface area contributed by atoms with E-state index in [9.17, 15) is 0 Å². The van der Waals surface area contributed by atoms with E-state index in [1.165, 1.54) is 60.1 Å². The predicted octanol–water partition coefficient (Wildman–Crippen LogP) is 31.1. The third-order valence-electron chi connectivity index (χ3n) is 22.8. The molecule has 0 saturated heterocycles. The summed E-state index contributed by atoms with van der Waals surface area (Å²) < 4.78 is 9.14. The second-order valence-electron chi connectivity index (χ2n) is 30.5. The van der Waals surface area contributed by atoms with Gasteiger partial charge in [0.15, 0.2) is 0 Å². The molecule has 23 aromatic rings. The monoisotopic (exact) mass is 1720 g/mol. The normalized spacial score (nSPS) is 11.3. The van der Waals surface area contributed by atoms with Crippen molar-refractivity contribution in [1.82, 2.24) is 33.6 Å². The summed E-state index contributed by atoms with van der Waals surface area (Å²) in [5.74, 6) is 0. The van der Waals surface area contributed by atoms with Crippen LogP contribution in [-0.4, -0.2) is 33.6 Å². The third-order valence-corrected chi connectivity index (χ3v) is 23.9. The van der Waals surface area contributed by atoms with E-state index in [1.54, 1.807) is 0 Å². The van der Waals surface area contributed by atoms with Crippen molar-refractivity contribution in [2.45, 2.75) is 0 Å². The van der Waals surface area contributed by atoms with Crippen molar-refractivity contribution in [3.05, 3.63) is 464 Å². The van der Waals surface area contributed by atoms with Gasteiger partial charge in [0, 0.05) is 126 Å². The van der Waals surface area contributed by atoms with Gasteiger partial charge in [0.25, 0.3) is 0 Å². The van der Waals surface area contributed by atoms with E-state index < -0.39 is 0 Å². The highest BCUT2D eigenvalue weighted by Crippen LogP contribution is 2.45. The summed E-state index contributed by atoms with van der Waals surface area (Å²) >= 11 is 6.98. The Morgan fingerprint density at radius 1 is 0.194 bits per heavy atom. The molecule has 0 aliphatic rings. The number of nitrogens with zero attached hydrogens (tertiary/aromatic N) is 9. The Balaban J connectivity index is 0.000000152. The van der Waals surface area contributed by atoms with Crippen LogP contribution in [-0.2, 0) is 0 Å². The van der Waals surface area contributed by atoms with Crippen molar-refractivity contribution >= 4 is 165 Å². The van der Waals surface area contributed by atoms with E-state index in [1.807, 2.05) is 91.0 Å². The minimum atomic E-state index is 0.824. The molecule has 0 aliphatic heterocycles. The van der Waals surface area contributed by atoms with Crippen molar-refractivity contribution in [1.29, 1.82) is 0 Å². The van der Waals surface area contributed by atoms with E-state index in [2.05, 4.69) is 425 Å². The molecule has 0 unspecified atom stereocenters. The maximum atomic E-state index is 5.34. The van der Waals surface area contributed by atoms with Crippen molar-refractivity contribution in [2.75, 3.05) is 15.1 Å². The summed E-state index contributed by atoms with van der Waals surface area (Å²) in [5, 5.41) is 10.8. The Morgan fingerprint density at radius 3 is 0.782 bits per heavy atom. The Kier molecular flexibility index (Phi) is 20.5. The van der Waals surface area contributed by atoms with Gasteiger partial charge in [0.1, 0.15) is 0 Å². The molecule has 124 heavy (non-hydrogen) atoms. The molecule has 0 saturated carbocycles. The van der Waals surface area contributed by atoms with Crippen LogP contribution in [0.4, 0.5) is 45.5 Å². The number of aromatic nitrogens is 7. The number of anilines is 8. The topological polar surface area (TPSA) is 84.9 Å². The molecule has 0 aliphatic carbocycles. The standard InChI is InChI=1S/C68H46N6.C24H18N2.C20H12Br2N2/c1-5-19-49(20-6-1)71(55-41-43-65-59(45-55)57-27-13-17-31-63(57)73(65)51-23-9-3-10-24-51)53-37-33-47(34-38-53)67-68(70-62-30-16-15-29-61(62)69-67)48-35-39-54(40-36-48)72(50-21-7-2-8-22-50)56-42-44-66-60(46-56)58-28-14-18-32-64(58)74(66)52-25-11-4-12-26-52;1-3-9-18(10-4-1)25-19-15-16-24-22(17-19)21-13-7-8-14-23(21)26(24)20-11-5-2-6-12-20;21-15-9-5-13(6-10-15)19-20(14-7-11-16(22)12-8-14)24-18-4-2-1-3-17(18)23-19/h1-46H;1-17,25H;1-12H. The average Bonchev–Trinajstić information content (AvgIpc) is 1.63. The Hall–Kier alpha value is -15.6. The van der Waals surface area contributed by atoms with E-state index in [0.29, 0.717) is 0 Å². The number of hydrogen-bond acceptors (Lipinski definition) is 7. The number of nitrogens with one attached hydrogen (secondary N) is 1. The molecule has 5 aromatic heterocycles. The highest BCUT2D eigenvalue weighted by molar-refractivity contribution is 9.10. The molecule has 0 fully saturated rings. The van der Waals surface area contributed by atoms with Gasteiger partial charge in [-0.15, -0.1) is 0 Å². The van der Waals surface area contributed by atoms with Crippen molar-refractivity contribution in [3.63, 3.8) is 0 Å². The van der Waals surface area contributed by atoms with Crippen LogP contribution in [0.25, 0.3) is 150 Å². The molecule has 0 amide bonds. The van der Waals surface area contributed by atoms with Crippen LogP contribution in [0.15, 0.2) is 464 Å². The number of halogens is 2. The molecule has 5 heterocycles. The van der Waals surface area contributed by atoms with Gasteiger partial charge in [-0.05, 0) is 218 Å². The lowest BCUT2D eigenvalue weighted by Crippen LogP contribution is -2.10. The van der Waals surface area contributed by atoms with Gasteiger partial charge in [-0.25, -0.2) is 19.9 Å². The highest BCUT2D eigenvalue weighted by Gasteiger charge is 2.24. The van der Waals surface area contributed by atoms with Gasteiger partial charge in [-0.2, -0.15) is 0 Å². The Morgan fingerprint density at radius 2 is 0.444 bits per heavy atom. The second-order valence-corrected chi connectivity index (χ2v) is 32.3. The van der Waals surface area contributed by atoms with E-state index in [0.717, 1.165) is 144 Å². The van der Waals surface area contributed by atoms with Gasteiger partial charge >= 0.3 is 0 Å². The molecule has 23 rings (SSSR count). The fraction of sp³-hybridized carbons (Fsp3) is 0. The summed E-state index contributed by atoms with van der Waals surface area (Å²) in [7, 11) is 0. The van der Waals surface area contributed by atoms with E-state index in [4.69, 9.17) is 19.9 Å². The Bertz CT molecular complexity index is 7440. The van der Waals surface area contributed by atoms with Gasteiger partial charge in [0.2, 0.25) is 0 Å². The molecular weight excluding hydrogens is 1650 g/mol. The number of fused-ring (bicyclic) bond motifs is 11. The van der Waals surface area contributed by atoms with Gasteiger partial charge in [-0.3, -0.25) is 0 Å². The van der Waals surface area contributed by atoms with Crippen LogP contribution in [0, 0.1) is 0 Å². The zero-order chi connectivity index (χ0) is 82.8. The molecule has 0 atom stereocenters. The molecule has 18 aromatic carbocycles. The minimum absolute atomic E-state index is 0.824. The maximum Gasteiger partial charge on any atom is 0.0973 e. The average molecular weight is 1720 g/mol. The predicted molar refractivity (Wildman–Crippen MR) is 525 cm³/mol. The number of rotatable bonds is 15. The van der Waals surface area contributed by atoms with Gasteiger partial charge < -0.3 is 28.8 Å². The van der Waals surface area contributed by atoms with Gasteiger partial charge in [0.05, 0.1) is 77.9 Å². The van der Waals surface area contributed by atoms with Crippen LogP contribution < -0.4 is 15.1 Å². The van der Waals surface area contributed by atoms with Crippen LogP contribution >= 0.6 is 31.9 Å². The minimum Gasteiger partial charge on any atom is -0.356 e. The molecule has 0 spiro atoms. The summed E-state index contributed by atoms with van der Waals surface area (Å²) in [4.78, 5) is 25.1. The van der Waals surface area contributed by atoms with Gasteiger partial charge in [-0.1, -0.05) is 268 Å². The molecule has 0 radical (unpaired) electrons.